The van der Waals surface area contributed by atoms with Gasteiger partial charge >= 0.3 is 0 Å². The van der Waals surface area contributed by atoms with E-state index in [4.69, 9.17) is 11.6 Å². The van der Waals surface area contributed by atoms with Crippen molar-refractivity contribution >= 4 is 34.4 Å². The van der Waals surface area contributed by atoms with Crippen LogP contribution in [0.25, 0.3) is 11.0 Å². The minimum Gasteiger partial charge on any atom is -0.333 e. The summed E-state index contributed by atoms with van der Waals surface area (Å²) in [6.07, 6.45) is 0. The van der Waals surface area contributed by atoms with Gasteiger partial charge in [-0.1, -0.05) is 29.4 Å². The van der Waals surface area contributed by atoms with Gasteiger partial charge in [-0.05, 0) is 54.8 Å². The van der Waals surface area contributed by atoms with Gasteiger partial charge in [0.25, 0.3) is 0 Å². The van der Waals surface area contributed by atoms with E-state index >= 15 is 0 Å². The maximum Gasteiger partial charge on any atom is 0.166 e. The lowest BCUT2D eigenvalue weighted by molar-refractivity contribution is 0.627. The number of rotatable bonds is 3. The minimum atomic E-state index is -0.316. The van der Waals surface area contributed by atoms with E-state index in [0.717, 1.165) is 21.8 Å². The first-order valence-corrected chi connectivity index (χ1v) is 7.93. The molecule has 0 spiro atoms. The van der Waals surface area contributed by atoms with Crippen molar-refractivity contribution in [1.29, 1.82) is 0 Å². The second kappa shape index (κ2) is 5.70. The zero-order valence-corrected chi connectivity index (χ0v) is 13.3. The van der Waals surface area contributed by atoms with Crippen LogP contribution in [0.3, 0.4) is 0 Å². The average Bonchev–Trinajstić information content (AvgIpc) is 2.80. The molecule has 0 saturated heterocycles. The summed E-state index contributed by atoms with van der Waals surface area (Å²) in [7, 11) is 0. The molecule has 0 aliphatic rings. The van der Waals surface area contributed by atoms with Crippen LogP contribution in [0.4, 0.5) is 4.39 Å². The summed E-state index contributed by atoms with van der Waals surface area (Å²) in [6.45, 7) is 4.16. The first-order valence-electron chi connectivity index (χ1n) is 6.56. The Labute approximate surface area is 131 Å². The first kappa shape index (κ1) is 14.4. The van der Waals surface area contributed by atoms with E-state index in [1.807, 2.05) is 0 Å². The zero-order chi connectivity index (χ0) is 15.0. The molecule has 0 unspecified atom stereocenters. The van der Waals surface area contributed by atoms with E-state index in [-0.39, 0.29) is 5.82 Å². The van der Waals surface area contributed by atoms with E-state index in [9.17, 15) is 4.39 Å². The summed E-state index contributed by atoms with van der Waals surface area (Å²) >= 11 is 7.59. The molecule has 2 aromatic carbocycles. The van der Waals surface area contributed by atoms with Crippen molar-refractivity contribution in [2.24, 2.45) is 0 Å². The predicted molar refractivity (Wildman–Crippen MR) is 86.5 cm³/mol. The molecule has 0 saturated carbocycles. The number of hydrogen-bond acceptors (Lipinski definition) is 2. The van der Waals surface area contributed by atoms with Gasteiger partial charge in [-0.15, -0.1) is 0 Å². The van der Waals surface area contributed by atoms with Crippen LogP contribution in [0.1, 0.15) is 16.7 Å². The van der Waals surface area contributed by atoms with Gasteiger partial charge in [0.15, 0.2) is 5.16 Å². The van der Waals surface area contributed by atoms with Crippen molar-refractivity contribution in [1.82, 2.24) is 9.97 Å². The number of aromatic amines is 1. The molecule has 1 heterocycles. The van der Waals surface area contributed by atoms with Crippen molar-refractivity contribution in [3.8, 4) is 0 Å². The van der Waals surface area contributed by atoms with Crippen LogP contribution in [-0.2, 0) is 5.75 Å². The van der Waals surface area contributed by atoms with E-state index < -0.39 is 0 Å². The van der Waals surface area contributed by atoms with Gasteiger partial charge in [-0.2, -0.15) is 0 Å². The fourth-order valence-corrected chi connectivity index (χ4v) is 3.30. The summed E-state index contributed by atoms with van der Waals surface area (Å²) < 4.78 is 13.0. The lowest BCUT2D eigenvalue weighted by atomic mass is 10.1. The molecular formula is C16H14ClFN2S. The second-order valence-corrected chi connectivity index (χ2v) is 6.39. The van der Waals surface area contributed by atoms with Gasteiger partial charge in [0, 0.05) is 10.8 Å². The molecule has 5 heteroatoms. The molecule has 108 valence electrons. The number of benzene rings is 2. The van der Waals surface area contributed by atoms with Crippen molar-refractivity contribution in [2.75, 3.05) is 0 Å². The van der Waals surface area contributed by atoms with E-state index in [1.54, 1.807) is 17.8 Å². The summed E-state index contributed by atoms with van der Waals surface area (Å²) in [5.74, 6) is 0.333. The van der Waals surface area contributed by atoms with Crippen molar-refractivity contribution in [2.45, 2.75) is 24.8 Å². The Morgan fingerprint density at radius 3 is 2.71 bits per heavy atom. The lowest BCUT2D eigenvalue weighted by Crippen LogP contribution is -1.85. The number of nitrogens with zero attached hydrogens (tertiary/aromatic N) is 1. The molecule has 0 radical (unpaired) electrons. The number of imidazole rings is 1. The zero-order valence-electron chi connectivity index (χ0n) is 11.7. The van der Waals surface area contributed by atoms with Crippen LogP contribution >= 0.6 is 23.4 Å². The quantitative estimate of drug-likeness (QED) is 0.666. The van der Waals surface area contributed by atoms with Gasteiger partial charge in [0.05, 0.1) is 11.0 Å². The number of halogens is 2. The third kappa shape index (κ3) is 3.06. The Balaban J connectivity index is 1.82. The van der Waals surface area contributed by atoms with Crippen LogP contribution in [0.15, 0.2) is 35.5 Å². The monoisotopic (exact) mass is 320 g/mol. The number of fused-ring (bicyclic) bond motifs is 1. The van der Waals surface area contributed by atoms with E-state index in [0.29, 0.717) is 10.8 Å². The number of hydrogen-bond donors (Lipinski definition) is 1. The van der Waals surface area contributed by atoms with Crippen LogP contribution in [0.2, 0.25) is 5.02 Å². The highest BCUT2D eigenvalue weighted by Crippen LogP contribution is 2.27. The fourth-order valence-electron chi connectivity index (χ4n) is 2.10. The molecular weight excluding hydrogens is 307 g/mol. The highest BCUT2D eigenvalue weighted by Gasteiger charge is 2.07. The van der Waals surface area contributed by atoms with Crippen LogP contribution < -0.4 is 0 Å². The number of aryl methyl sites for hydroxylation is 2. The van der Waals surface area contributed by atoms with Crippen LogP contribution in [0.5, 0.6) is 0 Å². The third-order valence-electron chi connectivity index (χ3n) is 3.46. The highest BCUT2D eigenvalue weighted by atomic mass is 35.5. The Kier molecular flexibility index (Phi) is 3.91. The lowest BCUT2D eigenvalue weighted by Gasteiger charge is -2.02. The normalized spacial score (nSPS) is 11.2. The van der Waals surface area contributed by atoms with Gasteiger partial charge in [0.1, 0.15) is 5.82 Å². The topological polar surface area (TPSA) is 28.7 Å². The SMILES string of the molecule is Cc1cc2nc(SCc3ccc(F)cc3Cl)[nH]c2cc1C. The summed E-state index contributed by atoms with van der Waals surface area (Å²) in [5, 5.41) is 1.29. The largest absolute Gasteiger partial charge is 0.333 e. The van der Waals surface area contributed by atoms with Crippen LogP contribution in [-0.4, -0.2) is 9.97 Å². The van der Waals surface area contributed by atoms with E-state index in [2.05, 4.69) is 35.9 Å². The Hall–Kier alpha value is -1.52. The highest BCUT2D eigenvalue weighted by molar-refractivity contribution is 7.98. The molecule has 0 aliphatic heterocycles. The Morgan fingerprint density at radius 1 is 1.19 bits per heavy atom. The van der Waals surface area contributed by atoms with Crippen molar-refractivity contribution in [3.05, 3.63) is 57.9 Å². The van der Waals surface area contributed by atoms with Gasteiger partial charge in [-0.25, -0.2) is 9.37 Å². The molecule has 0 fully saturated rings. The summed E-state index contributed by atoms with van der Waals surface area (Å²) in [5.41, 5.74) is 5.36. The van der Waals surface area contributed by atoms with E-state index in [1.165, 1.54) is 23.3 Å². The molecule has 1 aromatic heterocycles. The van der Waals surface area contributed by atoms with Gasteiger partial charge in [0.2, 0.25) is 0 Å². The Bertz CT molecular complexity index is 774. The Morgan fingerprint density at radius 2 is 1.95 bits per heavy atom. The molecule has 1 N–H and O–H groups in total. The molecule has 0 bridgehead atoms. The second-order valence-electron chi connectivity index (χ2n) is 5.02. The molecule has 21 heavy (non-hydrogen) atoms. The number of H-pyrrole nitrogens is 1. The fraction of sp³-hybridized carbons (Fsp3) is 0.188. The molecule has 0 aliphatic carbocycles. The minimum absolute atomic E-state index is 0.316. The third-order valence-corrected chi connectivity index (χ3v) is 4.73. The predicted octanol–water partition coefficient (Wildman–Crippen LogP) is 5.26. The maximum atomic E-state index is 13.0. The van der Waals surface area contributed by atoms with Crippen molar-refractivity contribution < 1.29 is 4.39 Å². The molecule has 3 rings (SSSR count). The van der Waals surface area contributed by atoms with Crippen molar-refractivity contribution in [3.63, 3.8) is 0 Å². The molecule has 3 aromatic rings. The standard InChI is InChI=1S/C16H14ClFN2S/c1-9-5-14-15(6-10(9)2)20-16(19-14)21-8-11-3-4-12(18)7-13(11)17/h3-7H,8H2,1-2H3,(H,19,20). The molecule has 0 atom stereocenters. The molecule has 0 amide bonds. The van der Waals surface area contributed by atoms with Crippen LogP contribution in [0, 0.1) is 19.7 Å². The molecule has 2 nitrogen and oxygen atoms in total. The number of aromatic nitrogens is 2. The van der Waals surface area contributed by atoms with Gasteiger partial charge < -0.3 is 4.98 Å². The maximum absolute atomic E-state index is 13.0. The number of nitrogens with one attached hydrogen (secondary N) is 1. The first-order chi connectivity index (χ1) is 10.0. The average molecular weight is 321 g/mol. The summed E-state index contributed by atoms with van der Waals surface area (Å²) in [4.78, 5) is 7.87. The smallest absolute Gasteiger partial charge is 0.166 e. The number of thioether (sulfide) groups is 1. The summed E-state index contributed by atoms with van der Waals surface area (Å²) in [6, 6.07) is 8.65. The van der Waals surface area contributed by atoms with Gasteiger partial charge in [-0.3, -0.25) is 0 Å².